The zero-order chi connectivity index (χ0) is 21.5. The monoisotopic (exact) mass is 414 g/mol. The zero-order valence-corrected chi connectivity index (χ0v) is 17.0. The number of hydrogen-bond acceptors (Lipinski definition) is 6. The van der Waals surface area contributed by atoms with E-state index >= 15 is 0 Å². The molecule has 0 bridgehead atoms. The van der Waals surface area contributed by atoms with Gasteiger partial charge in [0.05, 0.1) is 0 Å². The normalized spacial score (nSPS) is 11.6. The number of aryl methyl sites for hydroxylation is 1. The number of hydrogen-bond donors (Lipinski definition) is 1. The summed E-state index contributed by atoms with van der Waals surface area (Å²) in [7, 11) is 0. The Morgan fingerprint density at radius 3 is 2.48 bits per heavy atom. The lowest BCUT2D eigenvalue weighted by Gasteiger charge is -2.18. The number of nitrogens with zero attached hydrogens (tertiary/aromatic N) is 5. The molecule has 8 heteroatoms. The smallest absolute Gasteiger partial charge is 0.249 e. The summed E-state index contributed by atoms with van der Waals surface area (Å²) in [4.78, 5) is 17.2. The maximum absolute atomic E-state index is 13.1. The van der Waals surface area contributed by atoms with Gasteiger partial charge in [-0.25, -0.2) is 4.68 Å². The highest BCUT2D eigenvalue weighted by Crippen LogP contribution is 2.20. The van der Waals surface area contributed by atoms with Crippen LogP contribution in [0, 0.1) is 6.92 Å². The number of carbonyl (C=O) groups excluding carboxylic acids is 1. The zero-order valence-electron chi connectivity index (χ0n) is 17.0. The molecule has 4 aromatic rings. The molecule has 0 fully saturated rings. The summed E-state index contributed by atoms with van der Waals surface area (Å²) in [5.74, 6) is 1.09. The van der Waals surface area contributed by atoms with E-state index in [4.69, 9.17) is 4.74 Å². The number of carbonyl (C=O) groups is 1. The van der Waals surface area contributed by atoms with Gasteiger partial charge in [0.1, 0.15) is 24.2 Å². The molecule has 0 aliphatic carbocycles. The molecule has 0 radical (unpaired) electrons. The number of nitrogens with one attached hydrogen (secondary N) is 1. The third kappa shape index (κ3) is 5.30. The van der Waals surface area contributed by atoms with E-state index in [2.05, 4.69) is 25.8 Å². The van der Waals surface area contributed by atoms with Crippen LogP contribution >= 0.6 is 0 Å². The van der Waals surface area contributed by atoms with Crippen LogP contribution in [0.2, 0.25) is 0 Å². The van der Waals surface area contributed by atoms with Gasteiger partial charge in [-0.15, -0.1) is 5.10 Å². The lowest BCUT2D eigenvalue weighted by molar-refractivity contribution is -0.119. The maximum Gasteiger partial charge on any atom is 0.249 e. The van der Waals surface area contributed by atoms with Crippen molar-refractivity contribution in [1.82, 2.24) is 25.2 Å². The first-order chi connectivity index (χ1) is 15.2. The van der Waals surface area contributed by atoms with E-state index in [1.54, 1.807) is 24.0 Å². The van der Waals surface area contributed by atoms with Gasteiger partial charge in [0.2, 0.25) is 5.91 Å². The van der Waals surface area contributed by atoms with E-state index in [0.29, 0.717) is 30.3 Å². The molecule has 0 saturated carbocycles. The molecule has 0 aliphatic heterocycles. The van der Waals surface area contributed by atoms with Crippen molar-refractivity contribution < 1.29 is 9.53 Å². The van der Waals surface area contributed by atoms with Gasteiger partial charge in [0, 0.05) is 30.1 Å². The van der Waals surface area contributed by atoms with E-state index in [-0.39, 0.29) is 5.91 Å². The largest absolute Gasteiger partial charge is 0.489 e. The van der Waals surface area contributed by atoms with Crippen LogP contribution in [-0.2, 0) is 17.8 Å². The molecule has 2 aromatic carbocycles. The van der Waals surface area contributed by atoms with E-state index < -0.39 is 6.04 Å². The van der Waals surface area contributed by atoms with Crippen LogP contribution in [0.1, 0.15) is 23.0 Å². The quantitative estimate of drug-likeness (QED) is 0.475. The van der Waals surface area contributed by atoms with Crippen LogP contribution in [0.3, 0.4) is 0 Å². The van der Waals surface area contributed by atoms with Crippen molar-refractivity contribution in [2.24, 2.45) is 0 Å². The molecule has 1 atom stereocenters. The predicted octanol–water partition coefficient (Wildman–Crippen LogP) is 3.38. The first-order valence-electron chi connectivity index (χ1n) is 9.90. The molecule has 4 rings (SSSR count). The molecule has 1 amide bonds. The molecule has 2 aromatic heterocycles. The van der Waals surface area contributed by atoms with Gasteiger partial charge in [-0.05, 0) is 53.2 Å². The Balaban J connectivity index is 1.43. The number of benzene rings is 2. The minimum absolute atomic E-state index is 0.191. The number of anilines is 1. The van der Waals surface area contributed by atoms with Gasteiger partial charge < -0.3 is 10.1 Å². The predicted molar refractivity (Wildman–Crippen MR) is 115 cm³/mol. The number of amides is 1. The first kappa shape index (κ1) is 20.2. The molecule has 8 nitrogen and oxygen atoms in total. The molecule has 1 unspecified atom stereocenters. The average molecular weight is 414 g/mol. The van der Waals surface area contributed by atoms with Crippen molar-refractivity contribution in [2.45, 2.75) is 26.0 Å². The Morgan fingerprint density at radius 2 is 1.81 bits per heavy atom. The number of pyridine rings is 1. The molecule has 156 valence electrons. The molecule has 31 heavy (non-hydrogen) atoms. The molecule has 0 spiro atoms. The van der Waals surface area contributed by atoms with Gasteiger partial charge in [0.25, 0.3) is 0 Å². The molecule has 1 N–H and O–H groups in total. The van der Waals surface area contributed by atoms with Gasteiger partial charge in [-0.3, -0.25) is 9.78 Å². The van der Waals surface area contributed by atoms with Crippen molar-refractivity contribution >= 4 is 11.6 Å². The summed E-state index contributed by atoms with van der Waals surface area (Å²) in [5, 5.41) is 14.6. The van der Waals surface area contributed by atoms with E-state index in [1.807, 2.05) is 66.7 Å². The Bertz CT molecular complexity index is 1110. The first-order valence-corrected chi connectivity index (χ1v) is 9.90. The van der Waals surface area contributed by atoms with Gasteiger partial charge in [-0.1, -0.05) is 36.4 Å². The highest BCUT2D eigenvalue weighted by atomic mass is 16.5. The molecule has 0 aliphatic rings. The van der Waals surface area contributed by atoms with E-state index in [1.165, 1.54) is 0 Å². The Morgan fingerprint density at radius 1 is 1.03 bits per heavy atom. The molecule has 2 heterocycles. The summed E-state index contributed by atoms with van der Waals surface area (Å²) in [6.45, 7) is 2.21. The van der Waals surface area contributed by atoms with Crippen molar-refractivity contribution in [3.8, 4) is 5.75 Å². The third-order valence-electron chi connectivity index (χ3n) is 4.78. The fourth-order valence-electron chi connectivity index (χ4n) is 3.16. The van der Waals surface area contributed by atoms with Crippen LogP contribution in [0.15, 0.2) is 79.1 Å². The topological polar surface area (TPSA) is 94.8 Å². The fourth-order valence-corrected chi connectivity index (χ4v) is 3.16. The Hall–Kier alpha value is -4.07. The van der Waals surface area contributed by atoms with Crippen LogP contribution in [0.5, 0.6) is 5.75 Å². The minimum Gasteiger partial charge on any atom is -0.489 e. The lowest BCUT2D eigenvalue weighted by Crippen LogP contribution is -2.29. The van der Waals surface area contributed by atoms with Crippen molar-refractivity contribution in [2.75, 3.05) is 5.32 Å². The minimum atomic E-state index is -0.570. The van der Waals surface area contributed by atoms with Gasteiger partial charge in [0.15, 0.2) is 0 Å². The number of aromatic nitrogens is 5. The highest BCUT2D eigenvalue weighted by Gasteiger charge is 2.24. The SMILES string of the molecule is Cc1nnnn1C(Cc1ccccc1)C(=O)Nc1ccc(OCc2cccnc2)cc1. The van der Waals surface area contributed by atoms with Crippen LogP contribution in [0.4, 0.5) is 5.69 Å². The van der Waals surface area contributed by atoms with E-state index in [9.17, 15) is 4.79 Å². The van der Waals surface area contributed by atoms with Crippen LogP contribution < -0.4 is 10.1 Å². The third-order valence-corrected chi connectivity index (χ3v) is 4.78. The van der Waals surface area contributed by atoms with Crippen molar-refractivity contribution in [1.29, 1.82) is 0 Å². The highest BCUT2D eigenvalue weighted by molar-refractivity contribution is 5.93. The van der Waals surface area contributed by atoms with Crippen LogP contribution in [-0.4, -0.2) is 31.1 Å². The number of rotatable bonds is 8. The summed E-state index contributed by atoms with van der Waals surface area (Å²) < 4.78 is 7.32. The fraction of sp³-hybridized carbons (Fsp3) is 0.174. The van der Waals surface area contributed by atoms with Crippen molar-refractivity contribution in [3.63, 3.8) is 0 Å². The molecular weight excluding hydrogens is 392 g/mol. The summed E-state index contributed by atoms with van der Waals surface area (Å²) in [6, 6.07) is 20.3. The summed E-state index contributed by atoms with van der Waals surface area (Å²) >= 11 is 0. The molecular formula is C23H22N6O2. The van der Waals surface area contributed by atoms with E-state index in [0.717, 1.165) is 11.1 Å². The van der Waals surface area contributed by atoms with Crippen LogP contribution in [0.25, 0.3) is 0 Å². The standard InChI is InChI=1S/C23H22N6O2/c1-17-26-27-28-29(17)22(14-18-6-3-2-4-7-18)23(30)25-20-9-11-21(12-10-20)31-16-19-8-5-13-24-15-19/h2-13,15,22H,14,16H2,1H3,(H,25,30). The van der Waals surface area contributed by atoms with Gasteiger partial charge >= 0.3 is 0 Å². The van der Waals surface area contributed by atoms with Gasteiger partial charge in [-0.2, -0.15) is 0 Å². The summed E-state index contributed by atoms with van der Waals surface area (Å²) in [6.07, 6.45) is 3.97. The maximum atomic E-state index is 13.1. The Labute approximate surface area is 179 Å². The molecule has 0 saturated heterocycles. The number of ether oxygens (including phenoxy) is 1. The average Bonchev–Trinajstić information content (AvgIpc) is 3.24. The Kier molecular flexibility index (Phi) is 6.27. The summed E-state index contributed by atoms with van der Waals surface area (Å²) in [5.41, 5.74) is 2.68. The second-order valence-corrected chi connectivity index (χ2v) is 7.04. The second kappa shape index (κ2) is 9.62. The second-order valence-electron chi connectivity index (χ2n) is 7.04. The lowest BCUT2D eigenvalue weighted by atomic mass is 10.1. The van der Waals surface area contributed by atoms with Crippen molar-refractivity contribution in [3.05, 3.63) is 96.1 Å². The number of tetrazole rings is 1.